The van der Waals surface area contributed by atoms with Gasteiger partial charge in [-0.3, -0.25) is 0 Å². The molecule has 0 fully saturated rings. The van der Waals surface area contributed by atoms with Crippen molar-refractivity contribution in [2.75, 3.05) is 13.9 Å². The standard InChI is InChI=1S/C19H20O3/c1-4-5-15-10-18-19(22-12-21-18)11-17(15)13(2)14-6-8-16(20-3)9-7-14/h4,6-11,13H,1,5,12H2,2-3H3/t13-/m0/s1. The Balaban J connectivity index is 1.99. The summed E-state index contributed by atoms with van der Waals surface area (Å²) in [6, 6.07) is 12.4. The van der Waals surface area contributed by atoms with Crippen molar-refractivity contribution >= 4 is 0 Å². The van der Waals surface area contributed by atoms with Crippen LogP contribution in [0.15, 0.2) is 49.1 Å². The van der Waals surface area contributed by atoms with Gasteiger partial charge in [-0.2, -0.15) is 0 Å². The number of benzene rings is 2. The molecule has 114 valence electrons. The fraction of sp³-hybridized carbons (Fsp3) is 0.263. The molecular formula is C19H20O3. The third-order valence-electron chi connectivity index (χ3n) is 4.08. The molecule has 2 aromatic rings. The zero-order valence-corrected chi connectivity index (χ0v) is 13.0. The van der Waals surface area contributed by atoms with Crippen LogP contribution < -0.4 is 14.2 Å². The number of ether oxygens (including phenoxy) is 3. The average molecular weight is 296 g/mol. The van der Waals surface area contributed by atoms with Gasteiger partial charge >= 0.3 is 0 Å². The van der Waals surface area contributed by atoms with Crippen LogP contribution in [-0.4, -0.2) is 13.9 Å². The van der Waals surface area contributed by atoms with Crippen molar-refractivity contribution in [3.8, 4) is 17.2 Å². The van der Waals surface area contributed by atoms with Gasteiger partial charge in [0.1, 0.15) is 5.75 Å². The first-order chi connectivity index (χ1) is 10.7. The molecule has 1 heterocycles. The summed E-state index contributed by atoms with van der Waals surface area (Å²) in [6.07, 6.45) is 2.73. The Bertz CT molecular complexity index is 674. The predicted molar refractivity (Wildman–Crippen MR) is 87.0 cm³/mol. The molecule has 0 spiro atoms. The summed E-state index contributed by atoms with van der Waals surface area (Å²) < 4.78 is 16.2. The number of fused-ring (bicyclic) bond motifs is 1. The van der Waals surface area contributed by atoms with E-state index >= 15 is 0 Å². The molecule has 0 unspecified atom stereocenters. The first-order valence-corrected chi connectivity index (χ1v) is 7.40. The molecule has 2 aromatic carbocycles. The average Bonchev–Trinajstić information content (AvgIpc) is 3.01. The van der Waals surface area contributed by atoms with Crippen LogP contribution in [0.2, 0.25) is 0 Å². The number of rotatable bonds is 5. The minimum Gasteiger partial charge on any atom is -0.497 e. The highest BCUT2D eigenvalue weighted by molar-refractivity contribution is 5.52. The van der Waals surface area contributed by atoms with Gasteiger partial charge < -0.3 is 14.2 Å². The Morgan fingerprint density at radius 1 is 1.18 bits per heavy atom. The summed E-state index contributed by atoms with van der Waals surface area (Å²) in [5.74, 6) is 2.77. The molecule has 3 nitrogen and oxygen atoms in total. The minimum atomic E-state index is 0.260. The van der Waals surface area contributed by atoms with Gasteiger partial charge in [0.2, 0.25) is 6.79 Å². The van der Waals surface area contributed by atoms with Crippen LogP contribution in [0.4, 0.5) is 0 Å². The zero-order valence-electron chi connectivity index (χ0n) is 13.0. The van der Waals surface area contributed by atoms with Crippen LogP contribution in [-0.2, 0) is 6.42 Å². The highest BCUT2D eigenvalue weighted by Gasteiger charge is 2.20. The molecular weight excluding hydrogens is 276 g/mol. The van der Waals surface area contributed by atoms with Gasteiger partial charge in [0.15, 0.2) is 11.5 Å². The van der Waals surface area contributed by atoms with E-state index in [1.54, 1.807) is 7.11 Å². The first-order valence-electron chi connectivity index (χ1n) is 7.40. The summed E-state index contributed by atoms with van der Waals surface area (Å²) >= 11 is 0. The second-order valence-electron chi connectivity index (χ2n) is 5.39. The Morgan fingerprint density at radius 2 is 1.86 bits per heavy atom. The van der Waals surface area contributed by atoms with Crippen molar-refractivity contribution in [2.24, 2.45) is 0 Å². The summed E-state index contributed by atoms with van der Waals surface area (Å²) in [7, 11) is 1.68. The molecule has 0 saturated heterocycles. The summed E-state index contributed by atoms with van der Waals surface area (Å²) in [5.41, 5.74) is 3.71. The molecule has 0 saturated carbocycles. The Kier molecular flexibility index (Phi) is 4.05. The van der Waals surface area contributed by atoms with Gasteiger partial charge in [0, 0.05) is 5.92 Å². The van der Waals surface area contributed by atoms with Gasteiger partial charge in [0.25, 0.3) is 0 Å². The van der Waals surface area contributed by atoms with Crippen LogP contribution >= 0.6 is 0 Å². The van der Waals surface area contributed by atoms with Crippen LogP contribution in [0.1, 0.15) is 29.5 Å². The monoisotopic (exact) mass is 296 g/mol. The molecule has 0 bridgehead atoms. The minimum absolute atomic E-state index is 0.260. The number of hydrogen-bond acceptors (Lipinski definition) is 3. The third-order valence-corrected chi connectivity index (χ3v) is 4.08. The van der Waals surface area contributed by atoms with E-state index in [0.29, 0.717) is 6.79 Å². The second kappa shape index (κ2) is 6.14. The van der Waals surface area contributed by atoms with Crippen LogP contribution in [0.25, 0.3) is 0 Å². The van der Waals surface area contributed by atoms with E-state index in [0.717, 1.165) is 23.7 Å². The van der Waals surface area contributed by atoms with E-state index < -0.39 is 0 Å². The molecule has 0 amide bonds. The Morgan fingerprint density at radius 3 is 2.50 bits per heavy atom. The van der Waals surface area contributed by atoms with E-state index in [1.165, 1.54) is 16.7 Å². The van der Waals surface area contributed by atoms with E-state index in [-0.39, 0.29) is 5.92 Å². The highest BCUT2D eigenvalue weighted by atomic mass is 16.7. The van der Waals surface area contributed by atoms with Crippen molar-refractivity contribution in [3.63, 3.8) is 0 Å². The maximum Gasteiger partial charge on any atom is 0.231 e. The van der Waals surface area contributed by atoms with Crippen molar-refractivity contribution < 1.29 is 14.2 Å². The summed E-state index contributed by atoms with van der Waals surface area (Å²) in [5, 5.41) is 0. The maximum absolute atomic E-state index is 5.53. The molecule has 0 radical (unpaired) electrons. The molecule has 0 aromatic heterocycles. The lowest BCUT2D eigenvalue weighted by molar-refractivity contribution is 0.174. The van der Waals surface area contributed by atoms with Crippen molar-refractivity contribution in [2.45, 2.75) is 19.3 Å². The Labute approximate surface area is 131 Å². The van der Waals surface area contributed by atoms with E-state index in [2.05, 4.69) is 37.8 Å². The lowest BCUT2D eigenvalue weighted by atomic mass is 9.88. The summed E-state index contributed by atoms with van der Waals surface area (Å²) in [4.78, 5) is 0. The number of methoxy groups -OCH3 is 1. The largest absolute Gasteiger partial charge is 0.497 e. The second-order valence-corrected chi connectivity index (χ2v) is 5.39. The third kappa shape index (κ3) is 2.67. The maximum atomic E-state index is 5.53. The fourth-order valence-electron chi connectivity index (χ4n) is 2.81. The van der Waals surface area contributed by atoms with E-state index in [9.17, 15) is 0 Å². The van der Waals surface area contributed by atoms with E-state index in [1.807, 2.05) is 18.2 Å². The normalized spacial score (nSPS) is 13.7. The molecule has 1 atom stereocenters. The van der Waals surface area contributed by atoms with Crippen molar-refractivity contribution in [3.05, 3.63) is 65.7 Å². The van der Waals surface area contributed by atoms with Crippen LogP contribution in [0.5, 0.6) is 17.2 Å². The van der Waals surface area contributed by atoms with Crippen molar-refractivity contribution in [1.82, 2.24) is 0 Å². The molecule has 0 N–H and O–H groups in total. The van der Waals surface area contributed by atoms with Gasteiger partial charge in [0.05, 0.1) is 7.11 Å². The Hall–Kier alpha value is -2.42. The van der Waals surface area contributed by atoms with Gasteiger partial charge in [-0.15, -0.1) is 6.58 Å². The summed E-state index contributed by atoms with van der Waals surface area (Å²) in [6.45, 7) is 6.35. The topological polar surface area (TPSA) is 27.7 Å². The SMILES string of the molecule is C=CCc1cc2c(cc1[C@@H](C)c1ccc(OC)cc1)OCO2. The lowest BCUT2D eigenvalue weighted by Crippen LogP contribution is -2.01. The molecule has 0 aliphatic carbocycles. The molecule has 1 aliphatic heterocycles. The van der Waals surface area contributed by atoms with Crippen LogP contribution in [0.3, 0.4) is 0 Å². The number of allylic oxidation sites excluding steroid dienone is 1. The molecule has 3 heteroatoms. The fourth-order valence-corrected chi connectivity index (χ4v) is 2.81. The smallest absolute Gasteiger partial charge is 0.231 e. The van der Waals surface area contributed by atoms with Crippen LogP contribution in [0, 0.1) is 0 Å². The first kappa shape index (κ1) is 14.5. The number of hydrogen-bond donors (Lipinski definition) is 0. The molecule has 1 aliphatic rings. The highest BCUT2D eigenvalue weighted by Crippen LogP contribution is 2.39. The molecule has 3 rings (SSSR count). The quantitative estimate of drug-likeness (QED) is 0.770. The lowest BCUT2D eigenvalue weighted by Gasteiger charge is -2.17. The van der Waals surface area contributed by atoms with Gasteiger partial charge in [-0.05, 0) is 47.4 Å². The van der Waals surface area contributed by atoms with Crippen molar-refractivity contribution in [1.29, 1.82) is 0 Å². The van der Waals surface area contributed by atoms with Gasteiger partial charge in [-0.1, -0.05) is 25.1 Å². The predicted octanol–water partition coefficient (Wildman–Crippen LogP) is 4.30. The van der Waals surface area contributed by atoms with Gasteiger partial charge in [-0.25, -0.2) is 0 Å². The molecule has 22 heavy (non-hydrogen) atoms. The van der Waals surface area contributed by atoms with E-state index in [4.69, 9.17) is 14.2 Å². The zero-order chi connectivity index (χ0) is 15.5.